The van der Waals surface area contributed by atoms with E-state index in [0.29, 0.717) is 39.2 Å². The SMILES string of the molecule is CCC1CN(C(=O)NCCCN(C(C)C)S(C)(=O)=O)CCO1. The van der Waals surface area contributed by atoms with Gasteiger partial charge in [-0.05, 0) is 26.7 Å². The van der Waals surface area contributed by atoms with E-state index in [1.165, 1.54) is 10.6 Å². The summed E-state index contributed by atoms with van der Waals surface area (Å²) in [4.78, 5) is 13.8. The molecular weight excluding hydrogens is 306 g/mol. The van der Waals surface area contributed by atoms with Crippen LogP contribution in [0.3, 0.4) is 0 Å². The zero-order chi connectivity index (χ0) is 16.8. The van der Waals surface area contributed by atoms with Crippen molar-refractivity contribution in [2.75, 3.05) is 39.0 Å². The maximum absolute atomic E-state index is 12.1. The predicted molar refractivity (Wildman–Crippen MR) is 86.3 cm³/mol. The van der Waals surface area contributed by atoms with Gasteiger partial charge in [-0.2, -0.15) is 4.31 Å². The molecule has 1 rings (SSSR count). The topological polar surface area (TPSA) is 79.0 Å². The molecule has 130 valence electrons. The van der Waals surface area contributed by atoms with Crippen molar-refractivity contribution in [2.24, 2.45) is 0 Å². The summed E-state index contributed by atoms with van der Waals surface area (Å²) in [7, 11) is -3.20. The van der Waals surface area contributed by atoms with E-state index in [2.05, 4.69) is 5.32 Å². The molecule has 1 unspecified atom stereocenters. The van der Waals surface area contributed by atoms with Gasteiger partial charge in [-0.1, -0.05) is 6.92 Å². The molecule has 0 aromatic heterocycles. The Hall–Kier alpha value is -0.860. The number of morpholine rings is 1. The number of urea groups is 1. The van der Waals surface area contributed by atoms with Crippen LogP contribution in [0.5, 0.6) is 0 Å². The summed E-state index contributed by atoms with van der Waals surface area (Å²) in [6.07, 6.45) is 2.81. The van der Waals surface area contributed by atoms with Crippen molar-refractivity contribution in [3.63, 3.8) is 0 Å². The van der Waals surface area contributed by atoms with Crippen LogP contribution in [0.15, 0.2) is 0 Å². The number of nitrogens with one attached hydrogen (secondary N) is 1. The van der Waals surface area contributed by atoms with Crippen molar-refractivity contribution >= 4 is 16.1 Å². The molecule has 1 aliphatic heterocycles. The van der Waals surface area contributed by atoms with Crippen LogP contribution in [-0.2, 0) is 14.8 Å². The van der Waals surface area contributed by atoms with E-state index in [-0.39, 0.29) is 18.2 Å². The van der Waals surface area contributed by atoms with Gasteiger partial charge in [0.05, 0.1) is 19.0 Å². The third-order valence-corrected chi connectivity index (χ3v) is 5.17. The fourth-order valence-electron chi connectivity index (χ4n) is 2.50. The summed E-state index contributed by atoms with van der Waals surface area (Å²) in [6, 6.07) is -0.174. The van der Waals surface area contributed by atoms with Gasteiger partial charge in [0.2, 0.25) is 10.0 Å². The number of carbonyl (C=O) groups excluding carboxylic acids is 1. The Balaban J connectivity index is 2.33. The molecule has 0 radical (unpaired) electrons. The van der Waals surface area contributed by atoms with Gasteiger partial charge in [-0.25, -0.2) is 13.2 Å². The highest BCUT2D eigenvalue weighted by Crippen LogP contribution is 2.08. The molecule has 1 saturated heterocycles. The second kappa shape index (κ2) is 8.69. The molecule has 0 bridgehead atoms. The molecule has 1 fully saturated rings. The van der Waals surface area contributed by atoms with Crippen LogP contribution in [-0.4, -0.2) is 74.8 Å². The lowest BCUT2D eigenvalue weighted by Gasteiger charge is -2.32. The lowest BCUT2D eigenvalue weighted by Crippen LogP contribution is -2.49. The van der Waals surface area contributed by atoms with Crippen LogP contribution in [0.25, 0.3) is 0 Å². The Labute approximate surface area is 134 Å². The van der Waals surface area contributed by atoms with Crippen molar-refractivity contribution < 1.29 is 17.9 Å². The minimum Gasteiger partial charge on any atom is -0.375 e. The van der Waals surface area contributed by atoms with E-state index in [4.69, 9.17) is 4.74 Å². The average Bonchev–Trinajstić information content (AvgIpc) is 2.45. The number of rotatable bonds is 7. The molecule has 1 atom stereocenters. The molecule has 0 aromatic rings. The first-order chi connectivity index (χ1) is 10.3. The van der Waals surface area contributed by atoms with E-state index in [0.717, 1.165) is 6.42 Å². The van der Waals surface area contributed by atoms with Gasteiger partial charge in [0.1, 0.15) is 0 Å². The van der Waals surface area contributed by atoms with Gasteiger partial charge in [0, 0.05) is 32.2 Å². The molecule has 1 heterocycles. The summed E-state index contributed by atoms with van der Waals surface area (Å²) in [5.74, 6) is 0. The Kier molecular flexibility index (Phi) is 7.58. The highest BCUT2D eigenvalue weighted by atomic mass is 32.2. The Morgan fingerprint density at radius 1 is 1.45 bits per heavy atom. The first-order valence-electron chi connectivity index (χ1n) is 7.87. The molecule has 2 amide bonds. The van der Waals surface area contributed by atoms with Gasteiger partial charge < -0.3 is 15.0 Å². The first kappa shape index (κ1) is 19.2. The normalized spacial score (nSPS) is 19.7. The second-order valence-corrected chi connectivity index (χ2v) is 7.84. The van der Waals surface area contributed by atoms with Crippen LogP contribution in [0, 0.1) is 0 Å². The molecule has 7 nitrogen and oxygen atoms in total. The summed E-state index contributed by atoms with van der Waals surface area (Å²) in [5.41, 5.74) is 0. The lowest BCUT2D eigenvalue weighted by molar-refractivity contribution is -0.0153. The molecule has 0 spiro atoms. The molecule has 1 N–H and O–H groups in total. The third-order valence-electron chi connectivity index (χ3n) is 3.71. The van der Waals surface area contributed by atoms with Gasteiger partial charge in [0.25, 0.3) is 0 Å². The molecule has 0 aromatic carbocycles. The van der Waals surface area contributed by atoms with Crippen molar-refractivity contribution in [2.45, 2.75) is 45.8 Å². The van der Waals surface area contributed by atoms with Crippen molar-refractivity contribution in [3.05, 3.63) is 0 Å². The lowest BCUT2D eigenvalue weighted by atomic mass is 10.2. The largest absolute Gasteiger partial charge is 0.375 e. The summed E-state index contributed by atoms with van der Waals surface area (Å²) in [5, 5.41) is 2.85. The van der Waals surface area contributed by atoms with Gasteiger partial charge in [0.15, 0.2) is 0 Å². The zero-order valence-corrected chi connectivity index (χ0v) is 14.9. The van der Waals surface area contributed by atoms with E-state index < -0.39 is 10.0 Å². The summed E-state index contributed by atoms with van der Waals surface area (Å²) >= 11 is 0. The predicted octanol–water partition coefficient (Wildman–Crippen LogP) is 0.867. The van der Waals surface area contributed by atoms with Crippen LogP contribution < -0.4 is 5.32 Å². The number of hydrogen-bond donors (Lipinski definition) is 1. The van der Waals surface area contributed by atoms with E-state index in [1.54, 1.807) is 4.90 Å². The van der Waals surface area contributed by atoms with E-state index in [1.807, 2.05) is 20.8 Å². The number of hydrogen-bond acceptors (Lipinski definition) is 4. The van der Waals surface area contributed by atoms with Crippen molar-refractivity contribution in [1.82, 2.24) is 14.5 Å². The average molecular weight is 335 g/mol. The molecule has 1 aliphatic rings. The summed E-state index contributed by atoms with van der Waals surface area (Å²) < 4.78 is 30.2. The van der Waals surface area contributed by atoms with Crippen molar-refractivity contribution in [1.29, 1.82) is 0 Å². The van der Waals surface area contributed by atoms with Crippen molar-refractivity contribution in [3.8, 4) is 0 Å². The molecule has 8 heteroatoms. The minimum absolute atomic E-state index is 0.0738. The molecule has 22 heavy (non-hydrogen) atoms. The first-order valence-corrected chi connectivity index (χ1v) is 9.71. The highest BCUT2D eigenvalue weighted by Gasteiger charge is 2.23. The maximum atomic E-state index is 12.1. The molecule has 0 aliphatic carbocycles. The van der Waals surface area contributed by atoms with Crippen LogP contribution in [0.1, 0.15) is 33.6 Å². The van der Waals surface area contributed by atoms with Crippen LogP contribution >= 0.6 is 0 Å². The summed E-state index contributed by atoms with van der Waals surface area (Å²) in [6.45, 7) is 8.40. The quantitative estimate of drug-likeness (QED) is 0.700. The smallest absolute Gasteiger partial charge is 0.317 e. The fourth-order valence-corrected chi connectivity index (χ4v) is 3.73. The standard InChI is InChI=1S/C14H29N3O4S/c1-5-13-11-16(9-10-21-13)14(18)15-7-6-8-17(12(2)3)22(4,19)20/h12-13H,5-11H2,1-4H3,(H,15,18). The van der Waals surface area contributed by atoms with E-state index >= 15 is 0 Å². The van der Waals surface area contributed by atoms with Gasteiger partial charge in [-0.15, -0.1) is 0 Å². The second-order valence-electron chi connectivity index (χ2n) is 5.90. The fraction of sp³-hybridized carbons (Fsp3) is 0.929. The Bertz CT molecular complexity index is 453. The third kappa shape index (κ3) is 6.10. The number of nitrogens with zero attached hydrogens (tertiary/aromatic N) is 2. The van der Waals surface area contributed by atoms with Gasteiger partial charge in [-0.3, -0.25) is 0 Å². The highest BCUT2D eigenvalue weighted by molar-refractivity contribution is 7.88. The van der Waals surface area contributed by atoms with Gasteiger partial charge >= 0.3 is 6.03 Å². The van der Waals surface area contributed by atoms with Crippen LogP contribution in [0.2, 0.25) is 0 Å². The molecule has 0 saturated carbocycles. The maximum Gasteiger partial charge on any atom is 0.317 e. The number of carbonyl (C=O) groups is 1. The number of amides is 2. The zero-order valence-electron chi connectivity index (χ0n) is 14.0. The number of sulfonamides is 1. The van der Waals surface area contributed by atoms with E-state index in [9.17, 15) is 13.2 Å². The molecular formula is C14H29N3O4S. The minimum atomic E-state index is -3.20. The number of ether oxygens (including phenoxy) is 1. The monoisotopic (exact) mass is 335 g/mol. The Morgan fingerprint density at radius 2 is 2.14 bits per heavy atom. The Morgan fingerprint density at radius 3 is 2.68 bits per heavy atom. The van der Waals surface area contributed by atoms with Crippen LogP contribution in [0.4, 0.5) is 4.79 Å².